The fourth-order valence-corrected chi connectivity index (χ4v) is 1.69. The number of hydrogen-bond donors (Lipinski definition) is 1. The average Bonchev–Trinajstić information content (AvgIpc) is 2.19. The van der Waals surface area contributed by atoms with Crippen LogP contribution in [0.15, 0.2) is 24.3 Å². The van der Waals surface area contributed by atoms with E-state index in [1.165, 1.54) is 5.56 Å². The quantitative estimate of drug-likeness (QED) is 0.842. The minimum absolute atomic E-state index is 0.108. The van der Waals surface area contributed by atoms with E-state index in [1.807, 2.05) is 31.2 Å². The standard InChI is InChI=1S/C13H18F3N/c1-10-4-6-11(7-5-10)9-12(17)3-2-8-13(14,15)16/h4-7,12H,2-3,8-9,17H2,1H3. The SMILES string of the molecule is Cc1ccc(CC(N)CCCC(F)(F)F)cc1. The third-order valence-electron chi connectivity index (χ3n) is 2.65. The van der Waals surface area contributed by atoms with Crippen LogP contribution in [-0.2, 0) is 6.42 Å². The molecule has 96 valence electrons. The van der Waals surface area contributed by atoms with Gasteiger partial charge < -0.3 is 5.73 Å². The Bertz CT molecular complexity index is 330. The van der Waals surface area contributed by atoms with Crippen LogP contribution in [0.1, 0.15) is 30.4 Å². The Morgan fingerprint density at radius 3 is 2.29 bits per heavy atom. The molecule has 0 saturated heterocycles. The first-order valence-electron chi connectivity index (χ1n) is 5.75. The zero-order valence-electron chi connectivity index (χ0n) is 9.93. The van der Waals surface area contributed by atoms with Crippen molar-refractivity contribution >= 4 is 0 Å². The number of alkyl halides is 3. The molecule has 17 heavy (non-hydrogen) atoms. The second-order valence-electron chi connectivity index (χ2n) is 4.46. The Morgan fingerprint density at radius 1 is 1.18 bits per heavy atom. The van der Waals surface area contributed by atoms with Crippen LogP contribution in [0.2, 0.25) is 0 Å². The lowest BCUT2D eigenvalue weighted by molar-refractivity contribution is -0.135. The summed E-state index contributed by atoms with van der Waals surface area (Å²) in [7, 11) is 0. The number of nitrogens with two attached hydrogens (primary N) is 1. The molecule has 0 heterocycles. The molecule has 0 spiro atoms. The molecule has 0 amide bonds. The maximum absolute atomic E-state index is 11.9. The summed E-state index contributed by atoms with van der Waals surface area (Å²) >= 11 is 0. The molecule has 0 aliphatic heterocycles. The molecule has 1 nitrogen and oxygen atoms in total. The Hall–Kier alpha value is -1.03. The van der Waals surface area contributed by atoms with Gasteiger partial charge in [-0.25, -0.2) is 0 Å². The second kappa shape index (κ2) is 6.05. The minimum atomic E-state index is -4.07. The molecule has 1 atom stereocenters. The van der Waals surface area contributed by atoms with Crippen molar-refractivity contribution in [2.45, 2.75) is 44.8 Å². The maximum Gasteiger partial charge on any atom is 0.389 e. The molecule has 2 N–H and O–H groups in total. The highest BCUT2D eigenvalue weighted by Gasteiger charge is 2.26. The maximum atomic E-state index is 11.9. The van der Waals surface area contributed by atoms with Crippen molar-refractivity contribution in [2.75, 3.05) is 0 Å². The number of halogens is 3. The monoisotopic (exact) mass is 245 g/mol. The van der Waals surface area contributed by atoms with Gasteiger partial charge >= 0.3 is 6.18 Å². The molecule has 0 bridgehead atoms. The van der Waals surface area contributed by atoms with Gasteiger partial charge in [0.25, 0.3) is 0 Å². The molecule has 4 heteroatoms. The van der Waals surface area contributed by atoms with Crippen LogP contribution in [-0.4, -0.2) is 12.2 Å². The van der Waals surface area contributed by atoms with Crippen LogP contribution in [0.5, 0.6) is 0 Å². The first kappa shape index (κ1) is 14.0. The van der Waals surface area contributed by atoms with Crippen molar-refractivity contribution in [1.82, 2.24) is 0 Å². The smallest absolute Gasteiger partial charge is 0.327 e. The van der Waals surface area contributed by atoms with Gasteiger partial charge in [-0.2, -0.15) is 13.2 Å². The molecule has 0 fully saturated rings. The molecular weight excluding hydrogens is 227 g/mol. The van der Waals surface area contributed by atoms with Crippen molar-refractivity contribution in [3.8, 4) is 0 Å². The van der Waals surface area contributed by atoms with Gasteiger partial charge in [0.15, 0.2) is 0 Å². The van der Waals surface area contributed by atoms with Gasteiger partial charge in [-0.1, -0.05) is 29.8 Å². The molecule has 1 unspecified atom stereocenters. The van der Waals surface area contributed by atoms with Gasteiger partial charge in [-0.3, -0.25) is 0 Å². The van der Waals surface area contributed by atoms with Crippen LogP contribution in [0, 0.1) is 6.92 Å². The molecule has 1 aromatic carbocycles. The third kappa shape index (κ3) is 6.31. The highest BCUT2D eigenvalue weighted by molar-refractivity contribution is 5.21. The molecule has 0 radical (unpaired) electrons. The molecule has 0 aliphatic rings. The fourth-order valence-electron chi connectivity index (χ4n) is 1.69. The fraction of sp³-hybridized carbons (Fsp3) is 0.538. The summed E-state index contributed by atoms with van der Waals surface area (Å²) in [5.41, 5.74) is 8.05. The highest BCUT2D eigenvalue weighted by atomic mass is 19.4. The summed E-state index contributed by atoms with van der Waals surface area (Å²) in [4.78, 5) is 0. The van der Waals surface area contributed by atoms with Crippen LogP contribution >= 0.6 is 0 Å². The van der Waals surface area contributed by atoms with E-state index in [2.05, 4.69) is 0 Å². The lowest BCUT2D eigenvalue weighted by Gasteiger charge is -2.12. The van der Waals surface area contributed by atoms with Crippen molar-refractivity contribution < 1.29 is 13.2 Å². The van der Waals surface area contributed by atoms with Crippen molar-refractivity contribution in [2.24, 2.45) is 5.73 Å². The van der Waals surface area contributed by atoms with Crippen molar-refractivity contribution in [3.63, 3.8) is 0 Å². The Balaban J connectivity index is 2.30. The lowest BCUT2D eigenvalue weighted by Crippen LogP contribution is -2.23. The van der Waals surface area contributed by atoms with E-state index in [0.717, 1.165) is 5.56 Å². The Labute approximate surface area is 99.8 Å². The summed E-state index contributed by atoms with van der Waals surface area (Å²) < 4.78 is 35.8. The summed E-state index contributed by atoms with van der Waals surface area (Å²) in [5.74, 6) is 0. The Kier molecular flexibility index (Phi) is 5.00. The third-order valence-corrected chi connectivity index (χ3v) is 2.65. The van der Waals surface area contributed by atoms with E-state index in [0.29, 0.717) is 12.8 Å². The topological polar surface area (TPSA) is 26.0 Å². The van der Waals surface area contributed by atoms with E-state index in [4.69, 9.17) is 5.73 Å². The van der Waals surface area contributed by atoms with E-state index in [-0.39, 0.29) is 12.5 Å². The highest BCUT2D eigenvalue weighted by Crippen LogP contribution is 2.22. The van der Waals surface area contributed by atoms with Gasteiger partial charge in [0.2, 0.25) is 0 Å². The van der Waals surface area contributed by atoms with Crippen LogP contribution < -0.4 is 5.73 Å². The van der Waals surface area contributed by atoms with Gasteiger partial charge in [0.05, 0.1) is 0 Å². The van der Waals surface area contributed by atoms with Gasteiger partial charge in [-0.15, -0.1) is 0 Å². The molecule has 0 aromatic heterocycles. The van der Waals surface area contributed by atoms with E-state index in [9.17, 15) is 13.2 Å². The summed E-state index contributed by atoms with van der Waals surface area (Å²) in [6.07, 6.45) is -3.65. The van der Waals surface area contributed by atoms with E-state index < -0.39 is 12.6 Å². The Morgan fingerprint density at radius 2 is 1.76 bits per heavy atom. The van der Waals surface area contributed by atoms with Crippen LogP contribution in [0.3, 0.4) is 0 Å². The van der Waals surface area contributed by atoms with E-state index in [1.54, 1.807) is 0 Å². The number of hydrogen-bond acceptors (Lipinski definition) is 1. The molecule has 0 aliphatic carbocycles. The number of benzene rings is 1. The zero-order valence-corrected chi connectivity index (χ0v) is 9.93. The summed E-state index contributed by atoms with van der Waals surface area (Å²) in [6.45, 7) is 1.99. The molecule has 0 saturated carbocycles. The predicted octanol–water partition coefficient (Wildman–Crippen LogP) is 3.60. The first-order chi connectivity index (χ1) is 7.87. The van der Waals surface area contributed by atoms with Gasteiger partial charge in [0.1, 0.15) is 0 Å². The predicted molar refractivity (Wildman–Crippen MR) is 62.8 cm³/mol. The summed E-state index contributed by atoms with van der Waals surface area (Å²) in [5, 5.41) is 0. The molecule has 1 rings (SSSR count). The zero-order chi connectivity index (χ0) is 12.9. The van der Waals surface area contributed by atoms with Gasteiger partial charge in [-0.05, 0) is 31.7 Å². The van der Waals surface area contributed by atoms with Crippen molar-refractivity contribution in [1.29, 1.82) is 0 Å². The normalized spacial score (nSPS) is 13.7. The van der Waals surface area contributed by atoms with E-state index >= 15 is 0 Å². The number of aryl methyl sites for hydroxylation is 1. The van der Waals surface area contributed by atoms with Crippen LogP contribution in [0.25, 0.3) is 0 Å². The van der Waals surface area contributed by atoms with Gasteiger partial charge in [0, 0.05) is 12.5 Å². The van der Waals surface area contributed by atoms with Crippen LogP contribution in [0.4, 0.5) is 13.2 Å². The van der Waals surface area contributed by atoms with Crippen molar-refractivity contribution in [3.05, 3.63) is 35.4 Å². The molecular formula is C13H18F3N. The lowest BCUT2D eigenvalue weighted by atomic mass is 10.0. The minimum Gasteiger partial charge on any atom is -0.327 e. The molecule has 1 aromatic rings. The average molecular weight is 245 g/mol. The first-order valence-corrected chi connectivity index (χ1v) is 5.75. The summed E-state index contributed by atoms with van der Waals surface area (Å²) in [6, 6.07) is 7.72. The number of rotatable bonds is 5. The largest absolute Gasteiger partial charge is 0.389 e. The second-order valence-corrected chi connectivity index (χ2v) is 4.46.